The third-order valence-electron chi connectivity index (χ3n) is 3.41. The lowest BCUT2D eigenvalue weighted by Crippen LogP contribution is -2.17. The van der Waals surface area contributed by atoms with Crippen molar-refractivity contribution in [2.45, 2.75) is 19.4 Å². The summed E-state index contributed by atoms with van der Waals surface area (Å²) in [5.74, 6) is 1.27. The molecule has 0 saturated heterocycles. The predicted octanol–water partition coefficient (Wildman–Crippen LogP) is 3.56. The van der Waals surface area contributed by atoms with Gasteiger partial charge in [-0.25, -0.2) is 0 Å². The molecule has 0 radical (unpaired) electrons. The van der Waals surface area contributed by atoms with Crippen molar-refractivity contribution in [1.29, 1.82) is 0 Å². The van der Waals surface area contributed by atoms with Crippen molar-refractivity contribution in [2.24, 2.45) is 5.92 Å². The Morgan fingerprint density at radius 2 is 2.00 bits per heavy atom. The van der Waals surface area contributed by atoms with E-state index in [-0.39, 0.29) is 0 Å². The molecule has 0 heterocycles. The van der Waals surface area contributed by atoms with E-state index in [1.165, 1.54) is 0 Å². The molecule has 2 nitrogen and oxygen atoms in total. The highest BCUT2D eigenvalue weighted by molar-refractivity contribution is 5.50. The van der Waals surface area contributed by atoms with Crippen LogP contribution >= 0.6 is 0 Å². The molecule has 19 heavy (non-hydrogen) atoms. The van der Waals surface area contributed by atoms with Crippen molar-refractivity contribution in [2.75, 3.05) is 7.11 Å². The van der Waals surface area contributed by atoms with Gasteiger partial charge in [0.25, 0.3) is 0 Å². The number of rotatable bonds is 4. The summed E-state index contributed by atoms with van der Waals surface area (Å²) in [4.78, 5) is 0. The molecule has 1 N–H and O–H groups in total. The molecule has 1 aliphatic carbocycles. The quantitative estimate of drug-likeness (QED) is 0.892. The van der Waals surface area contributed by atoms with Crippen LogP contribution in [0.2, 0.25) is 0 Å². The number of hydrogen-bond acceptors (Lipinski definition) is 2. The molecule has 0 amide bonds. The Balaban J connectivity index is 2.08. The highest BCUT2D eigenvalue weighted by Crippen LogP contribution is 2.28. The number of ether oxygens (including phenoxy) is 1. The maximum atomic E-state index is 10.2. The number of benzene rings is 1. The standard InChI is InChI=1S/C17H20O2/c1-13-12-15(19-2)9-10-16(13)17(18)11-8-14-6-4-3-5-7-14/h3-11,13,17-18H,12H2,1-2H3/b11-8+. The van der Waals surface area contributed by atoms with Crippen LogP contribution in [0.5, 0.6) is 0 Å². The van der Waals surface area contributed by atoms with Crippen molar-refractivity contribution in [3.63, 3.8) is 0 Å². The molecule has 1 aliphatic rings. The normalized spacial score (nSPS) is 20.9. The van der Waals surface area contributed by atoms with Gasteiger partial charge in [-0.05, 0) is 23.1 Å². The summed E-state index contributed by atoms with van der Waals surface area (Å²) < 4.78 is 5.24. The highest BCUT2D eigenvalue weighted by atomic mass is 16.5. The molecular weight excluding hydrogens is 236 g/mol. The Hall–Kier alpha value is -1.80. The molecule has 1 aromatic rings. The second-order valence-electron chi connectivity index (χ2n) is 4.82. The molecule has 1 aromatic carbocycles. The van der Waals surface area contributed by atoms with Gasteiger partial charge in [-0.2, -0.15) is 0 Å². The van der Waals surface area contributed by atoms with Gasteiger partial charge in [0.15, 0.2) is 0 Å². The fourth-order valence-corrected chi connectivity index (χ4v) is 2.26. The molecule has 100 valence electrons. The Morgan fingerprint density at radius 3 is 2.63 bits per heavy atom. The summed E-state index contributed by atoms with van der Waals surface area (Å²) in [6.45, 7) is 2.11. The van der Waals surface area contributed by atoms with Crippen molar-refractivity contribution in [3.05, 3.63) is 65.5 Å². The average Bonchev–Trinajstić information content (AvgIpc) is 2.45. The van der Waals surface area contributed by atoms with E-state index in [1.54, 1.807) is 7.11 Å². The van der Waals surface area contributed by atoms with Gasteiger partial charge in [-0.15, -0.1) is 0 Å². The number of aliphatic hydroxyl groups is 1. The molecule has 2 rings (SSSR count). The van der Waals surface area contributed by atoms with Crippen molar-refractivity contribution >= 4 is 6.08 Å². The Morgan fingerprint density at radius 1 is 1.26 bits per heavy atom. The minimum atomic E-state index is -0.537. The molecule has 0 bridgehead atoms. The smallest absolute Gasteiger partial charge is 0.0961 e. The largest absolute Gasteiger partial charge is 0.501 e. The number of methoxy groups -OCH3 is 1. The van der Waals surface area contributed by atoms with Gasteiger partial charge < -0.3 is 9.84 Å². The second-order valence-corrected chi connectivity index (χ2v) is 4.82. The van der Waals surface area contributed by atoms with Crippen molar-refractivity contribution in [1.82, 2.24) is 0 Å². The predicted molar refractivity (Wildman–Crippen MR) is 78.4 cm³/mol. The summed E-state index contributed by atoms with van der Waals surface area (Å²) in [6, 6.07) is 10.00. The van der Waals surface area contributed by atoms with Crippen LogP contribution in [0.15, 0.2) is 59.9 Å². The fraction of sp³-hybridized carbons (Fsp3) is 0.294. The number of hydrogen-bond donors (Lipinski definition) is 1. The number of allylic oxidation sites excluding steroid dienone is 3. The van der Waals surface area contributed by atoms with Crippen LogP contribution in [0.1, 0.15) is 18.9 Å². The van der Waals surface area contributed by atoms with Gasteiger partial charge in [0.2, 0.25) is 0 Å². The molecule has 0 aliphatic heterocycles. The second kappa shape index (κ2) is 6.39. The van der Waals surface area contributed by atoms with Crippen LogP contribution < -0.4 is 0 Å². The SMILES string of the molecule is COC1=CC=C(C(O)/C=C/c2ccccc2)C(C)C1. The van der Waals surface area contributed by atoms with Crippen LogP contribution in [-0.4, -0.2) is 18.3 Å². The molecule has 2 atom stereocenters. The first-order valence-electron chi connectivity index (χ1n) is 6.56. The van der Waals surface area contributed by atoms with Gasteiger partial charge in [0, 0.05) is 6.42 Å². The summed E-state index contributed by atoms with van der Waals surface area (Å²) in [5.41, 5.74) is 2.13. The molecule has 2 unspecified atom stereocenters. The monoisotopic (exact) mass is 256 g/mol. The Labute approximate surface area is 114 Å². The number of aliphatic hydroxyl groups excluding tert-OH is 1. The first kappa shape index (κ1) is 13.6. The van der Waals surface area contributed by atoms with E-state index >= 15 is 0 Å². The van der Waals surface area contributed by atoms with Crippen LogP contribution in [0, 0.1) is 5.92 Å². The van der Waals surface area contributed by atoms with Crippen molar-refractivity contribution in [3.8, 4) is 0 Å². The molecule has 0 saturated carbocycles. The van der Waals surface area contributed by atoms with Crippen LogP contribution in [0.4, 0.5) is 0 Å². The third-order valence-corrected chi connectivity index (χ3v) is 3.41. The van der Waals surface area contributed by atoms with E-state index in [1.807, 2.05) is 54.6 Å². The van der Waals surface area contributed by atoms with E-state index in [2.05, 4.69) is 6.92 Å². The van der Waals surface area contributed by atoms with E-state index in [0.29, 0.717) is 5.92 Å². The molecule has 0 fully saturated rings. The van der Waals surface area contributed by atoms with E-state index in [4.69, 9.17) is 4.74 Å². The molecular formula is C17H20O2. The van der Waals surface area contributed by atoms with Gasteiger partial charge in [0.1, 0.15) is 0 Å². The summed E-state index contributed by atoms with van der Waals surface area (Å²) in [5, 5.41) is 10.2. The Bertz CT molecular complexity index is 497. The van der Waals surface area contributed by atoms with E-state index in [9.17, 15) is 5.11 Å². The maximum Gasteiger partial charge on any atom is 0.0961 e. The van der Waals surface area contributed by atoms with Gasteiger partial charge in [0.05, 0.1) is 19.0 Å². The van der Waals surface area contributed by atoms with E-state index in [0.717, 1.165) is 23.3 Å². The lowest BCUT2D eigenvalue weighted by atomic mass is 9.88. The zero-order chi connectivity index (χ0) is 13.7. The van der Waals surface area contributed by atoms with Gasteiger partial charge in [-0.1, -0.05) is 55.5 Å². The first-order valence-corrected chi connectivity index (χ1v) is 6.56. The van der Waals surface area contributed by atoms with Crippen molar-refractivity contribution < 1.29 is 9.84 Å². The van der Waals surface area contributed by atoms with Gasteiger partial charge in [-0.3, -0.25) is 0 Å². The lowest BCUT2D eigenvalue weighted by Gasteiger charge is -2.23. The zero-order valence-corrected chi connectivity index (χ0v) is 11.4. The fourth-order valence-electron chi connectivity index (χ4n) is 2.26. The zero-order valence-electron chi connectivity index (χ0n) is 11.4. The lowest BCUT2D eigenvalue weighted by molar-refractivity contribution is 0.228. The minimum absolute atomic E-state index is 0.301. The first-order chi connectivity index (χ1) is 9.20. The van der Waals surface area contributed by atoms with Crippen LogP contribution in [-0.2, 0) is 4.74 Å². The maximum absolute atomic E-state index is 10.2. The topological polar surface area (TPSA) is 29.5 Å². The third kappa shape index (κ3) is 3.58. The van der Waals surface area contributed by atoms with Gasteiger partial charge >= 0.3 is 0 Å². The molecule has 0 spiro atoms. The molecule has 0 aromatic heterocycles. The van der Waals surface area contributed by atoms with E-state index < -0.39 is 6.10 Å². The summed E-state index contributed by atoms with van der Waals surface area (Å²) in [7, 11) is 1.68. The summed E-state index contributed by atoms with van der Waals surface area (Å²) >= 11 is 0. The average molecular weight is 256 g/mol. The summed E-state index contributed by atoms with van der Waals surface area (Å²) in [6.07, 6.45) is 8.00. The molecule has 2 heteroatoms. The van der Waals surface area contributed by atoms with Crippen LogP contribution in [0.25, 0.3) is 6.08 Å². The Kier molecular flexibility index (Phi) is 4.58. The highest BCUT2D eigenvalue weighted by Gasteiger charge is 2.19. The minimum Gasteiger partial charge on any atom is -0.501 e. The van der Waals surface area contributed by atoms with Crippen LogP contribution in [0.3, 0.4) is 0 Å².